The molecule has 1 aliphatic rings. The summed E-state index contributed by atoms with van der Waals surface area (Å²) < 4.78 is 29.9. The summed E-state index contributed by atoms with van der Waals surface area (Å²) in [5.74, 6) is -1.96. The maximum atomic E-state index is 12.5. The molecule has 1 aromatic rings. The van der Waals surface area contributed by atoms with E-state index in [9.17, 15) is 18.0 Å². The molecule has 0 fully saturated rings. The van der Waals surface area contributed by atoms with E-state index >= 15 is 0 Å². The average Bonchev–Trinajstić information content (AvgIpc) is 2.56. The van der Waals surface area contributed by atoms with Gasteiger partial charge in [-0.1, -0.05) is 12.1 Å². The van der Waals surface area contributed by atoms with Gasteiger partial charge in [0.25, 0.3) is 0 Å². The average molecular weight is 311 g/mol. The van der Waals surface area contributed by atoms with Gasteiger partial charge in [-0.15, -0.1) is 0 Å². The minimum atomic E-state index is -3.52. The Morgan fingerprint density at radius 1 is 1.38 bits per heavy atom. The van der Waals surface area contributed by atoms with E-state index in [0.29, 0.717) is 5.69 Å². The Hall–Kier alpha value is -1.89. The summed E-state index contributed by atoms with van der Waals surface area (Å²) in [7, 11) is -3.52. The molecule has 0 amide bonds. The monoisotopic (exact) mass is 311 g/mol. The van der Waals surface area contributed by atoms with Crippen molar-refractivity contribution >= 4 is 27.5 Å². The van der Waals surface area contributed by atoms with Gasteiger partial charge in [0, 0.05) is 12.1 Å². The van der Waals surface area contributed by atoms with Crippen LogP contribution in [0.5, 0.6) is 0 Å². The summed E-state index contributed by atoms with van der Waals surface area (Å²) in [6.07, 6.45) is 1.19. The molecule has 0 N–H and O–H groups in total. The van der Waals surface area contributed by atoms with Crippen molar-refractivity contribution < 1.29 is 22.7 Å². The second-order valence-electron chi connectivity index (χ2n) is 4.81. The molecule has 21 heavy (non-hydrogen) atoms. The number of sulfonamides is 1. The Morgan fingerprint density at radius 2 is 2.05 bits per heavy atom. The Kier molecular flexibility index (Phi) is 4.32. The highest BCUT2D eigenvalue weighted by atomic mass is 32.2. The van der Waals surface area contributed by atoms with E-state index in [0.717, 1.165) is 6.26 Å². The van der Waals surface area contributed by atoms with Crippen LogP contribution >= 0.6 is 0 Å². The van der Waals surface area contributed by atoms with Gasteiger partial charge in [-0.2, -0.15) is 0 Å². The van der Waals surface area contributed by atoms with Crippen molar-refractivity contribution in [2.24, 2.45) is 5.92 Å². The lowest BCUT2D eigenvalue weighted by Crippen LogP contribution is -2.32. The van der Waals surface area contributed by atoms with E-state index in [4.69, 9.17) is 4.74 Å². The molecule has 0 saturated heterocycles. The highest BCUT2D eigenvalue weighted by molar-refractivity contribution is 7.92. The molecule has 0 bridgehead atoms. The second-order valence-corrected chi connectivity index (χ2v) is 6.72. The normalized spacial score (nSPS) is 18.9. The highest BCUT2D eigenvalue weighted by Crippen LogP contribution is 2.30. The van der Waals surface area contributed by atoms with Crippen LogP contribution in [0.2, 0.25) is 0 Å². The van der Waals surface area contributed by atoms with E-state index in [1.54, 1.807) is 25.1 Å². The molecular weight excluding hydrogens is 294 g/mol. The van der Waals surface area contributed by atoms with Gasteiger partial charge in [0.05, 0.1) is 18.6 Å². The van der Waals surface area contributed by atoms with Gasteiger partial charge < -0.3 is 4.74 Å². The first kappa shape index (κ1) is 15.5. The van der Waals surface area contributed by atoms with E-state index in [1.165, 1.54) is 10.4 Å². The fraction of sp³-hybridized carbons (Fsp3) is 0.429. The van der Waals surface area contributed by atoms with Crippen LogP contribution in [-0.4, -0.2) is 39.6 Å². The first-order chi connectivity index (χ1) is 9.86. The standard InChI is InChI=1S/C14H17NO5S/c1-3-20-14(17)11-8-9-15(21(2,18)19)12-7-5-4-6-10(12)13(11)16/h4-7,11H,3,8-9H2,1-2H3/t11-/m1/s1. The molecule has 114 valence electrons. The molecule has 7 heteroatoms. The third-order valence-electron chi connectivity index (χ3n) is 3.35. The molecule has 0 saturated carbocycles. The lowest BCUT2D eigenvalue weighted by Gasteiger charge is -2.21. The van der Waals surface area contributed by atoms with Gasteiger partial charge in [-0.3, -0.25) is 13.9 Å². The topological polar surface area (TPSA) is 80.8 Å². The number of carbonyl (C=O) groups excluding carboxylic acids is 2. The quantitative estimate of drug-likeness (QED) is 0.619. The number of rotatable bonds is 3. The maximum Gasteiger partial charge on any atom is 0.316 e. The molecule has 0 aromatic heterocycles. The van der Waals surface area contributed by atoms with E-state index in [-0.39, 0.29) is 25.1 Å². The molecule has 1 atom stereocenters. The number of fused-ring (bicyclic) bond motifs is 1. The molecule has 0 aliphatic carbocycles. The highest BCUT2D eigenvalue weighted by Gasteiger charge is 2.36. The molecular formula is C14H17NO5S. The zero-order valence-electron chi connectivity index (χ0n) is 11.9. The van der Waals surface area contributed by atoms with Crippen LogP contribution in [0.1, 0.15) is 23.7 Å². The number of ether oxygens (including phenoxy) is 1. The SMILES string of the molecule is CCOC(=O)[C@@H]1CCN(S(C)(=O)=O)c2ccccc2C1=O. The zero-order chi connectivity index (χ0) is 15.6. The van der Waals surface area contributed by atoms with Gasteiger partial charge in [-0.25, -0.2) is 8.42 Å². The van der Waals surface area contributed by atoms with Crippen LogP contribution in [0.3, 0.4) is 0 Å². The number of para-hydroxylation sites is 1. The maximum absolute atomic E-state index is 12.5. The minimum Gasteiger partial charge on any atom is -0.465 e. The molecule has 0 unspecified atom stereocenters. The van der Waals surface area contributed by atoms with Crippen LogP contribution in [0.25, 0.3) is 0 Å². The number of Topliss-reactive ketones (excluding diaryl/α,β-unsaturated/α-hetero) is 1. The fourth-order valence-corrected chi connectivity index (χ4v) is 3.35. The Labute approximate surface area is 123 Å². The van der Waals surface area contributed by atoms with Crippen molar-refractivity contribution in [3.8, 4) is 0 Å². The Balaban J connectivity index is 2.49. The van der Waals surface area contributed by atoms with Crippen LogP contribution in [-0.2, 0) is 19.6 Å². The zero-order valence-corrected chi connectivity index (χ0v) is 12.7. The lowest BCUT2D eigenvalue weighted by molar-refractivity contribution is -0.146. The summed E-state index contributed by atoms with van der Waals surface area (Å²) in [5.41, 5.74) is 0.551. The number of nitrogens with zero attached hydrogens (tertiary/aromatic N) is 1. The van der Waals surface area contributed by atoms with Crippen molar-refractivity contribution in [3.63, 3.8) is 0 Å². The van der Waals surface area contributed by atoms with Crippen molar-refractivity contribution in [2.75, 3.05) is 23.7 Å². The third-order valence-corrected chi connectivity index (χ3v) is 4.53. The summed E-state index contributed by atoms with van der Waals surface area (Å²) in [6, 6.07) is 6.41. The van der Waals surface area contributed by atoms with Gasteiger partial charge in [0.2, 0.25) is 10.0 Å². The van der Waals surface area contributed by atoms with Gasteiger partial charge in [-0.05, 0) is 25.5 Å². The number of hydrogen-bond donors (Lipinski definition) is 0. The summed E-state index contributed by atoms with van der Waals surface area (Å²) in [5, 5.41) is 0. The minimum absolute atomic E-state index is 0.0745. The van der Waals surface area contributed by atoms with Crippen LogP contribution in [0.4, 0.5) is 5.69 Å². The molecule has 6 nitrogen and oxygen atoms in total. The van der Waals surface area contributed by atoms with Gasteiger partial charge in [0.1, 0.15) is 5.92 Å². The van der Waals surface area contributed by atoms with E-state index in [1.807, 2.05) is 0 Å². The fourth-order valence-electron chi connectivity index (χ4n) is 2.40. The van der Waals surface area contributed by atoms with Crippen molar-refractivity contribution in [3.05, 3.63) is 29.8 Å². The van der Waals surface area contributed by atoms with Gasteiger partial charge in [0.15, 0.2) is 5.78 Å². The van der Waals surface area contributed by atoms with Crippen molar-refractivity contribution in [1.82, 2.24) is 0 Å². The molecule has 0 spiro atoms. The number of hydrogen-bond acceptors (Lipinski definition) is 5. The summed E-state index contributed by atoms with van der Waals surface area (Å²) in [6.45, 7) is 1.92. The van der Waals surface area contributed by atoms with E-state index < -0.39 is 27.7 Å². The Bertz CT molecular complexity index is 668. The molecule has 0 radical (unpaired) electrons. The summed E-state index contributed by atoms with van der Waals surface area (Å²) in [4.78, 5) is 24.4. The molecule has 1 aliphatic heterocycles. The number of carbonyl (C=O) groups is 2. The van der Waals surface area contributed by atoms with E-state index in [2.05, 4.69) is 0 Å². The van der Waals surface area contributed by atoms with Crippen LogP contribution in [0, 0.1) is 5.92 Å². The number of anilines is 1. The van der Waals surface area contributed by atoms with Crippen molar-refractivity contribution in [2.45, 2.75) is 13.3 Å². The largest absolute Gasteiger partial charge is 0.465 e. The molecule has 2 rings (SSSR count). The third kappa shape index (κ3) is 3.07. The molecule has 1 heterocycles. The second kappa shape index (κ2) is 5.85. The van der Waals surface area contributed by atoms with Gasteiger partial charge >= 0.3 is 5.97 Å². The number of esters is 1. The number of benzene rings is 1. The number of ketones is 1. The smallest absolute Gasteiger partial charge is 0.316 e. The first-order valence-electron chi connectivity index (χ1n) is 6.64. The predicted octanol–water partition coefficient (Wildman–Crippen LogP) is 1.22. The van der Waals surface area contributed by atoms with Crippen LogP contribution in [0.15, 0.2) is 24.3 Å². The molecule has 1 aromatic carbocycles. The first-order valence-corrected chi connectivity index (χ1v) is 8.48. The summed E-state index contributed by atoms with van der Waals surface area (Å²) >= 11 is 0. The Morgan fingerprint density at radius 3 is 2.67 bits per heavy atom. The van der Waals surface area contributed by atoms with Crippen molar-refractivity contribution in [1.29, 1.82) is 0 Å². The predicted molar refractivity (Wildman–Crippen MR) is 77.7 cm³/mol. The lowest BCUT2D eigenvalue weighted by atomic mass is 9.95. The van der Waals surface area contributed by atoms with Crippen LogP contribution < -0.4 is 4.31 Å².